The Morgan fingerprint density at radius 1 is 1.83 bits per heavy atom. The van der Waals surface area contributed by atoms with Crippen molar-refractivity contribution < 1.29 is 4.79 Å². The molecule has 0 aliphatic carbocycles. The van der Waals surface area contributed by atoms with Gasteiger partial charge in [-0.15, -0.1) is 0 Å². The lowest BCUT2D eigenvalue weighted by atomic mass is 10.2. The molecule has 0 saturated carbocycles. The number of nitriles is 1. The van der Waals surface area contributed by atoms with Crippen LogP contribution in [0.2, 0.25) is 0 Å². The normalized spacial score (nSPS) is 25.6. The lowest BCUT2D eigenvalue weighted by Crippen LogP contribution is -2.39. The minimum atomic E-state index is -0.174. The second-order valence-corrected chi connectivity index (χ2v) is 3.24. The third kappa shape index (κ3) is 1.42. The monoisotopic (exact) mass is 166 g/mol. The van der Waals surface area contributed by atoms with Crippen LogP contribution in [0, 0.1) is 11.3 Å². The van der Waals surface area contributed by atoms with Gasteiger partial charge in [0.1, 0.15) is 6.04 Å². The number of amides is 1. The number of carbonyl (C=O) groups excluding carboxylic acids is 1. The van der Waals surface area contributed by atoms with Crippen LogP contribution in [0.4, 0.5) is 0 Å². The molecule has 1 saturated heterocycles. The molecule has 3 nitrogen and oxygen atoms in total. The molecule has 1 heterocycles. The van der Waals surface area contributed by atoms with Gasteiger partial charge < -0.3 is 4.90 Å². The standard InChI is InChI=1S/C9H14N2O/c1-3-7(2)11-8(6-10)4-5-9(11)12/h7-8H,3-5H2,1-2H3. The fourth-order valence-corrected chi connectivity index (χ4v) is 1.58. The van der Waals surface area contributed by atoms with Crippen molar-refractivity contribution in [3.8, 4) is 6.07 Å². The molecule has 66 valence electrons. The predicted molar refractivity (Wildman–Crippen MR) is 45.2 cm³/mol. The van der Waals surface area contributed by atoms with Crippen molar-refractivity contribution in [1.82, 2.24) is 4.90 Å². The molecule has 0 bridgehead atoms. The summed E-state index contributed by atoms with van der Waals surface area (Å²) < 4.78 is 0. The molecule has 1 aliphatic heterocycles. The van der Waals surface area contributed by atoms with Gasteiger partial charge in [-0.25, -0.2) is 0 Å². The van der Waals surface area contributed by atoms with Gasteiger partial charge in [0.15, 0.2) is 0 Å². The van der Waals surface area contributed by atoms with E-state index in [1.165, 1.54) is 0 Å². The Hall–Kier alpha value is -1.04. The molecule has 2 atom stereocenters. The van der Waals surface area contributed by atoms with Crippen LogP contribution in [0.1, 0.15) is 33.1 Å². The molecule has 3 heteroatoms. The average Bonchev–Trinajstić information content (AvgIpc) is 2.45. The third-order valence-electron chi connectivity index (χ3n) is 2.47. The van der Waals surface area contributed by atoms with Crippen molar-refractivity contribution >= 4 is 5.91 Å². The van der Waals surface area contributed by atoms with Crippen LogP contribution in [0.5, 0.6) is 0 Å². The molecule has 0 aromatic carbocycles. The number of nitrogens with zero attached hydrogens (tertiary/aromatic N) is 2. The van der Waals surface area contributed by atoms with Crippen LogP contribution in [0.25, 0.3) is 0 Å². The van der Waals surface area contributed by atoms with Gasteiger partial charge in [-0.1, -0.05) is 6.92 Å². The molecule has 1 amide bonds. The Bertz CT molecular complexity index is 219. The van der Waals surface area contributed by atoms with Gasteiger partial charge in [-0.2, -0.15) is 5.26 Å². The second-order valence-electron chi connectivity index (χ2n) is 3.24. The fourth-order valence-electron chi connectivity index (χ4n) is 1.58. The van der Waals surface area contributed by atoms with Gasteiger partial charge in [-0.05, 0) is 19.8 Å². The summed E-state index contributed by atoms with van der Waals surface area (Å²) in [5.74, 6) is 0.135. The van der Waals surface area contributed by atoms with Crippen LogP contribution in [-0.4, -0.2) is 22.9 Å². The molecule has 0 radical (unpaired) electrons. The maximum absolute atomic E-state index is 11.3. The van der Waals surface area contributed by atoms with E-state index in [2.05, 4.69) is 6.07 Å². The summed E-state index contributed by atoms with van der Waals surface area (Å²) >= 11 is 0. The topological polar surface area (TPSA) is 44.1 Å². The maximum Gasteiger partial charge on any atom is 0.223 e. The van der Waals surface area contributed by atoms with Crippen molar-refractivity contribution in [3.05, 3.63) is 0 Å². The molecule has 1 aliphatic rings. The van der Waals surface area contributed by atoms with Gasteiger partial charge in [0, 0.05) is 12.5 Å². The molecular weight excluding hydrogens is 152 g/mol. The third-order valence-corrected chi connectivity index (χ3v) is 2.47. The quantitative estimate of drug-likeness (QED) is 0.620. The largest absolute Gasteiger partial charge is 0.324 e. The van der Waals surface area contributed by atoms with E-state index in [1.807, 2.05) is 13.8 Å². The van der Waals surface area contributed by atoms with Crippen molar-refractivity contribution in [2.24, 2.45) is 0 Å². The summed E-state index contributed by atoms with van der Waals surface area (Å²) in [5.41, 5.74) is 0. The number of carbonyl (C=O) groups is 1. The van der Waals surface area contributed by atoms with Crippen LogP contribution < -0.4 is 0 Å². The smallest absolute Gasteiger partial charge is 0.223 e. The van der Waals surface area contributed by atoms with E-state index in [0.717, 1.165) is 6.42 Å². The Labute approximate surface area is 73.0 Å². The minimum Gasteiger partial charge on any atom is -0.324 e. The zero-order valence-corrected chi connectivity index (χ0v) is 7.58. The molecule has 0 N–H and O–H groups in total. The summed E-state index contributed by atoms with van der Waals surface area (Å²) in [5, 5.41) is 8.75. The van der Waals surface area contributed by atoms with E-state index in [4.69, 9.17) is 5.26 Å². The van der Waals surface area contributed by atoms with Gasteiger partial charge in [0.2, 0.25) is 5.91 Å². The van der Waals surface area contributed by atoms with E-state index < -0.39 is 0 Å². The molecule has 2 unspecified atom stereocenters. The van der Waals surface area contributed by atoms with Gasteiger partial charge >= 0.3 is 0 Å². The van der Waals surface area contributed by atoms with Gasteiger partial charge in [0.05, 0.1) is 6.07 Å². The maximum atomic E-state index is 11.3. The van der Waals surface area contributed by atoms with Gasteiger partial charge in [0.25, 0.3) is 0 Å². The first kappa shape index (κ1) is 9.05. The zero-order valence-electron chi connectivity index (χ0n) is 7.58. The lowest BCUT2D eigenvalue weighted by molar-refractivity contribution is -0.130. The molecule has 12 heavy (non-hydrogen) atoms. The van der Waals surface area contributed by atoms with Crippen LogP contribution >= 0.6 is 0 Å². The molecular formula is C9H14N2O. The number of hydrogen-bond donors (Lipinski definition) is 0. The van der Waals surface area contributed by atoms with E-state index in [1.54, 1.807) is 4.90 Å². The zero-order chi connectivity index (χ0) is 9.14. The van der Waals surface area contributed by atoms with Crippen LogP contribution in [-0.2, 0) is 4.79 Å². The van der Waals surface area contributed by atoms with Crippen LogP contribution in [0.15, 0.2) is 0 Å². The Kier molecular flexibility index (Phi) is 2.69. The molecule has 1 fully saturated rings. The highest BCUT2D eigenvalue weighted by Gasteiger charge is 2.33. The van der Waals surface area contributed by atoms with Gasteiger partial charge in [-0.3, -0.25) is 4.79 Å². The lowest BCUT2D eigenvalue weighted by Gasteiger charge is -2.26. The van der Waals surface area contributed by atoms with E-state index in [-0.39, 0.29) is 18.0 Å². The summed E-state index contributed by atoms with van der Waals surface area (Å²) in [6.45, 7) is 4.03. The van der Waals surface area contributed by atoms with E-state index in [9.17, 15) is 4.79 Å². The summed E-state index contributed by atoms with van der Waals surface area (Å²) in [6.07, 6.45) is 2.17. The van der Waals surface area contributed by atoms with Crippen molar-refractivity contribution in [3.63, 3.8) is 0 Å². The van der Waals surface area contributed by atoms with Crippen LogP contribution in [0.3, 0.4) is 0 Å². The number of likely N-dealkylation sites (tertiary alicyclic amines) is 1. The average molecular weight is 166 g/mol. The molecule has 0 spiro atoms. The first-order valence-electron chi connectivity index (χ1n) is 4.41. The fraction of sp³-hybridized carbons (Fsp3) is 0.778. The highest BCUT2D eigenvalue weighted by molar-refractivity contribution is 5.79. The Balaban J connectivity index is 2.71. The predicted octanol–water partition coefficient (Wildman–Crippen LogP) is 1.30. The van der Waals surface area contributed by atoms with Crippen molar-refractivity contribution in [2.75, 3.05) is 0 Å². The first-order chi connectivity index (χ1) is 5.70. The Morgan fingerprint density at radius 3 is 3.00 bits per heavy atom. The molecule has 1 rings (SSSR count). The summed E-state index contributed by atoms with van der Waals surface area (Å²) in [7, 11) is 0. The van der Waals surface area contributed by atoms with Crippen molar-refractivity contribution in [1.29, 1.82) is 5.26 Å². The highest BCUT2D eigenvalue weighted by Crippen LogP contribution is 2.21. The van der Waals surface area contributed by atoms with E-state index in [0.29, 0.717) is 12.8 Å². The minimum absolute atomic E-state index is 0.135. The first-order valence-corrected chi connectivity index (χ1v) is 4.41. The molecule has 0 aromatic rings. The SMILES string of the molecule is CCC(C)N1C(=O)CCC1C#N. The summed E-state index contributed by atoms with van der Waals surface area (Å²) in [6, 6.07) is 2.20. The number of hydrogen-bond acceptors (Lipinski definition) is 2. The molecule has 0 aromatic heterocycles. The number of rotatable bonds is 2. The second kappa shape index (κ2) is 3.57. The Morgan fingerprint density at radius 2 is 2.50 bits per heavy atom. The summed E-state index contributed by atoms with van der Waals surface area (Å²) in [4.78, 5) is 13.0. The van der Waals surface area contributed by atoms with Crippen molar-refractivity contribution in [2.45, 2.75) is 45.2 Å². The van der Waals surface area contributed by atoms with E-state index >= 15 is 0 Å². The highest BCUT2D eigenvalue weighted by atomic mass is 16.2.